The number of aryl methyl sites for hydroxylation is 1. The Bertz CT molecular complexity index is 1120. The lowest BCUT2D eigenvalue weighted by atomic mass is 9.91. The van der Waals surface area contributed by atoms with Crippen LogP contribution < -0.4 is 10.8 Å². The predicted octanol–water partition coefficient (Wildman–Crippen LogP) is 4.43. The molecule has 3 rings (SSSR count). The van der Waals surface area contributed by atoms with Crippen molar-refractivity contribution in [2.75, 3.05) is 5.32 Å². The minimum Gasteiger partial charge on any atom is -0.384 e. The Morgan fingerprint density at radius 1 is 1.23 bits per heavy atom. The second-order valence-electron chi connectivity index (χ2n) is 7.48. The SMILES string of the molecule is Cc1nc(N[C@H](C)c2cccc(C(F)(F)C(C)(C)O)c2F)c2cc(P=O)ncc2n1. The molecule has 1 aromatic carbocycles. The molecule has 2 aromatic heterocycles. The molecule has 6 nitrogen and oxygen atoms in total. The van der Waals surface area contributed by atoms with Gasteiger partial charge < -0.3 is 10.4 Å². The molecule has 1 atom stereocenters. The summed E-state index contributed by atoms with van der Waals surface area (Å²) in [6.45, 7) is 5.12. The van der Waals surface area contributed by atoms with E-state index in [0.29, 0.717) is 22.5 Å². The molecule has 0 aliphatic rings. The third-order valence-corrected chi connectivity index (χ3v) is 5.16. The van der Waals surface area contributed by atoms with Crippen molar-refractivity contribution in [1.29, 1.82) is 0 Å². The molecule has 10 heteroatoms. The third kappa shape index (κ3) is 4.00. The molecular formula is C20H20F3N4O2P. The first kappa shape index (κ1) is 22.1. The van der Waals surface area contributed by atoms with Crippen LogP contribution >= 0.6 is 8.46 Å². The van der Waals surface area contributed by atoms with Crippen LogP contribution in [-0.2, 0) is 10.5 Å². The van der Waals surface area contributed by atoms with Crippen LogP contribution in [0.25, 0.3) is 10.9 Å². The van der Waals surface area contributed by atoms with Gasteiger partial charge in [-0.1, -0.05) is 12.1 Å². The van der Waals surface area contributed by atoms with Crippen LogP contribution in [0.4, 0.5) is 19.0 Å². The van der Waals surface area contributed by atoms with Gasteiger partial charge in [0, 0.05) is 10.9 Å². The van der Waals surface area contributed by atoms with Gasteiger partial charge in [-0.15, -0.1) is 0 Å². The van der Waals surface area contributed by atoms with Gasteiger partial charge in [-0.3, -0.25) is 4.57 Å². The highest BCUT2D eigenvalue weighted by molar-refractivity contribution is 7.33. The maximum absolute atomic E-state index is 15.0. The fourth-order valence-corrected chi connectivity index (χ4v) is 3.32. The molecule has 0 radical (unpaired) electrons. The molecule has 2 heterocycles. The van der Waals surface area contributed by atoms with Crippen LogP contribution in [0.2, 0.25) is 0 Å². The maximum Gasteiger partial charge on any atom is 0.303 e. The summed E-state index contributed by atoms with van der Waals surface area (Å²) < 4.78 is 55.3. The van der Waals surface area contributed by atoms with Crippen molar-refractivity contribution in [3.8, 4) is 0 Å². The van der Waals surface area contributed by atoms with E-state index in [0.717, 1.165) is 19.9 Å². The van der Waals surface area contributed by atoms with Crippen molar-refractivity contribution in [3.63, 3.8) is 0 Å². The zero-order chi connectivity index (χ0) is 22.3. The van der Waals surface area contributed by atoms with E-state index in [4.69, 9.17) is 0 Å². The number of aromatic nitrogens is 3. The first-order valence-corrected chi connectivity index (χ1v) is 9.90. The van der Waals surface area contributed by atoms with Gasteiger partial charge in [-0.05, 0) is 39.8 Å². The number of anilines is 1. The Morgan fingerprint density at radius 2 is 1.93 bits per heavy atom. The summed E-state index contributed by atoms with van der Waals surface area (Å²) >= 11 is 0. The van der Waals surface area contributed by atoms with E-state index in [1.807, 2.05) is 0 Å². The Kier molecular flexibility index (Phi) is 5.80. The average molecular weight is 436 g/mol. The highest BCUT2D eigenvalue weighted by Gasteiger charge is 2.49. The van der Waals surface area contributed by atoms with Gasteiger partial charge in [0.2, 0.25) is 8.46 Å². The Labute approximate surface area is 172 Å². The standard InChI is InChI=1S/C20H20F3N4O2P/c1-10(12-6-5-7-14(17(12)21)20(22,23)19(3,4)28)25-18-13-8-16(30-29)24-9-15(13)26-11(2)27-18/h5-10,28H,1-4H3,(H,25,26,27)/t10-/m1/s1. The molecule has 3 aromatic rings. The number of nitrogens with one attached hydrogen (secondary N) is 1. The fourth-order valence-electron chi connectivity index (χ4n) is 3.04. The second kappa shape index (κ2) is 7.89. The molecule has 0 spiro atoms. The van der Waals surface area contributed by atoms with Gasteiger partial charge in [0.05, 0.1) is 23.3 Å². The molecule has 0 bridgehead atoms. The number of nitrogens with zero attached hydrogens (tertiary/aromatic N) is 3. The van der Waals surface area contributed by atoms with Crippen molar-refractivity contribution >= 4 is 30.6 Å². The summed E-state index contributed by atoms with van der Waals surface area (Å²) in [6.07, 6.45) is 1.45. The highest BCUT2D eigenvalue weighted by Crippen LogP contribution is 2.41. The molecular weight excluding hydrogens is 416 g/mol. The topological polar surface area (TPSA) is 88.0 Å². The van der Waals surface area contributed by atoms with Crippen molar-refractivity contribution in [2.24, 2.45) is 0 Å². The summed E-state index contributed by atoms with van der Waals surface area (Å²) in [5.41, 5.74) is -2.58. The third-order valence-electron chi connectivity index (χ3n) is 4.73. The minimum absolute atomic E-state index is 0.0166. The summed E-state index contributed by atoms with van der Waals surface area (Å²) in [5.74, 6) is -4.15. The molecule has 0 aliphatic heterocycles. The largest absolute Gasteiger partial charge is 0.384 e. The zero-order valence-corrected chi connectivity index (χ0v) is 17.6. The van der Waals surface area contributed by atoms with E-state index in [1.54, 1.807) is 13.8 Å². The van der Waals surface area contributed by atoms with Crippen molar-refractivity contribution in [3.05, 3.63) is 53.2 Å². The lowest BCUT2D eigenvalue weighted by Gasteiger charge is -2.30. The number of fused-ring (bicyclic) bond motifs is 1. The fraction of sp³-hybridized carbons (Fsp3) is 0.350. The number of pyridine rings is 1. The quantitative estimate of drug-likeness (QED) is 0.556. The zero-order valence-electron chi connectivity index (χ0n) is 16.7. The van der Waals surface area contributed by atoms with Gasteiger partial charge >= 0.3 is 5.92 Å². The molecule has 0 saturated heterocycles. The summed E-state index contributed by atoms with van der Waals surface area (Å²) in [5, 5.41) is 13.3. The first-order chi connectivity index (χ1) is 14.0. The molecule has 30 heavy (non-hydrogen) atoms. The van der Waals surface area contributed by atoms with E-state index < -0.39 is 28.9 Å². The van der Waals surface area contributed by atoms with Crippen molar-refractivity contribution in [1.82, 2.24) is 15.0 Å². The number of hydrogen-bond donors (Lipinski definition) is 2. The monoisotopic (exact) mass is 436 g/mol. The number of halogens is 3. The normalized spacial score (nSPS) is 13.6. The summed E-state index contributed by atoms with van der Waals surface area (Å²) in [6, 6.07) is 4.44. The predicted molar refractivity (Wildman–Crippen MR) is 108 cm³/mol. The van der Waals surface area contributed by atoms with Crippen molar-refractivity contribution in [2.45, 2.75) is 45.3 Å². The number of benzene rings is 1. The number of hydrogen-bond acceptors (Lipinski definition) is 6. The van der Waals surface area contributed by atoms with E-state index in [2.05, 4.69) is 20.3 Å². The van der Waals surface area contributed by atoms with Crippen LogP contribution in [0.3, 0.4) is 0 Å². The lowest BCUT2D eigenvalue weighted by molar-refractivity contribution is -0.170. The molecule has 0 aliphatic carbocycles. The Hall–Kier alpha value is -2.64. The molecule has 2 N–H and O–H groups in total. The molecule has 0 saturated carbocycles. The molecule has 0 amide bonds. The van der Waals surface area contributed by atoms with Gasteiger partial charge in [-0.2, -0.15) is 8.78 Å². The van der Waals surface area contributed by atoms with Gasteiger partial charge in [-0.25, -0.2) is 19.3 Å². The van der Waals surface area contributed by atoms with Crippen LogP contribution in [-0.4, -0.2) is 25.7 Å². The Morgan fingerprint density at radius 3 is 2.57 bits per heavy atom. The maximum atomic E-state index is 15.0. The number of aliphatic hydroxyl groups is 1. The molecule has 0 unspecified atom stereocenters. The van der Waals surface area contributed by atoms with Crippen LogP contribution in [0, 0.1) is 12.7 Å². The Balaban J connectivity index is 2.04. The molecule has 0 fully saturated rings. The van der Waals surface area contributed by atoms with Crippen molar-refractivity contribution < 1.29 is 22.8 Å². The summed E-state index contributed by atoms with van der Waals surface area (Å²) in [7, 11) is -0.281. The highest BCUT2D eigenvalue weighted by atomic mass is 31.1. The van der Waals surface area contributed by atoms with E-state index in [9.17, 15) is 18.5 Å². The minimum atomic E-state index is -3.79. The van der Waals surface area contributed by atoms with Gasteiger partial charge in [0.15, 0.2) is 0 Å². The van der Waals surface area contributed by atoms with Crippen LogP contribution in [0.15, 0.2) is 30.5 Å². The second-order valence-corrected chi connectivity index (χ2v) is 8.12. The van der Waals surface area contributed by atoms with E-state index in [1.165, 1.54) is 24.4 Å². The van der Waals surface area contributed by atoms with E-state index in [-0.39, 0.29) is 19.5 Å². The van der Waals surface area contributed by atoms with Crippen LogP contribution in [0.1, 0.15) is 43.8 Å². The number of alkyl halides is 2. The smallest absolute Gasteiger partial charge is 0.303 e. The van der Waals surface area contributed by atoms with Crippen LogP contribution in [0.5, 0.6) is 0 Å². The lowest BCUT2D eigenvalue weighted by Crippen LogP contribution is -2.41. The summed E-state index contributed by atoms with van der Waals surface area (Å²) in [4.78, 5) is 12.6. The molecule has 158 valence electrons. The first-order valence-electron chi connectivity index (χ1n) is 9.09. The van der Waals surface area contributed by atoms with Gasteiger partial charge in [0.1, 0.15) is 28.5 Å². The average Bonchev–Trinajstić information content (AvgIpc) is 2.66. The van der Waals surface area contributed by atoms with E-state index >= 15 is 4.39 Å². The number of rotatable bonds is 6. The van der Waals surface area contributed by atoms with Gasteiger partial charge in [0.25, 0.3) is 0 Å².